The first-order valence-electron chi connectivity index (χ1n) is 8.83. The fourth-order valence-corrected chi connectivity index (χ4v) is 3.49. The van der Waals surface area contributed by atoms with E-state index in [0.29, 0.717) is 34.8 Å². The minimum absolute atomic E-state index is 0.112. The van der Waals surface area contributed by atoms with Gasteiger partial charge in [0.15, 0.2) is 6.61 Å². The van der Waals surface area contributed by atoms with Crippen LogP contribution in [0.4, 0.5) is 0 Å². The van der Waals surface area contributed by atoms with Gasteiger partial charge in [-0.2, -0.15) is 5.26 Å². The van der Waals surface area contributed by atoms with Gasteiger partial charge in [-0.15, -0.1) is 0 Å². The molecule has 0 saturated heterocycles. The van der Waals surface area contributed by atoms with E-state index in [9.17, 15) is 4.79 Å². The highest BCUT2D eigenvalue weighted by Gasteiger charge is 2.16. The van der Waals surface area contributed by atoms with Crippen molar-refractivity contribution in [2.24, 2.45) is 0 Å². The Labute approximate surface area is 166 Å². The molecule has 28 heavy (non-hydrogen) atoms. The molecule has 4 aromatic rings. The molecule has 6 heteroatoms. The van der Waals surface area contributed by atoms with Gasteiger partial charge in [0.25, 0.3) is 0 Å². The number of rotatable bonds is 6. The SMILES string of the molecule is N#CCCn1cc(C(=O)COc2ccc(Cl)c3cccnc23)c2ccccc21. The van der Waals surface area contributed by atoms with Crippen LogP contribution in [0.25, 0.3) is 21.8 Å². The molecule has 2 heterocycles. The van der Waals surface area contributed by atoms with Crippen LogP contribution >= 0.6 is 11.6 Å². The van der Waals surface area contributed by atoms with Gasteiger partial charge in [-0.1, -0.05) is 29.8 Å². The number of ether oxygens (including phenoxy) is 1. The summed E-state index contributed by atoms with van der Waals surface area (Å²) < 4.78 is 7.73. The van der Waals surface area contributed by atoms with Crippen molar-refractivity contribution in [2.75, 3.05) is 6.61 Å². The number of aryl methyl sites for hydroxylation is 1. The predicted octanol–water partition coefficient (Wildman–Crippen LogP) is 5.02. The summed E-state index contributed by atoms with van der Waals surface area (Å²) in [5.41, 5.74) is 2.14. The fraction of sp³-hybridized carbons (Fsp3) is 0.136. The minimum Gasteiger partial charge on any atom is -0.483 e. The van der Waals surface area contributed by atoms with Crippen molar-refractivity contribution in [1.29, 1.82) is 5.26 Å². The first kappa shape index (κ1) is 18.0. The summed E-state index contributed by atoms with van der Waals surface area (Å²) in [5.74, 6) is 0.382. The van der Waals surface area contributed by atoms with Gasteiger partial charge >= 0.3 is 0 Å². The van der Waals surface area contributed by atoms with Gasteiger partial charge in [-0.3, -0.25) is 9.78 Å². The van der Waals surface area contributed by atoms with E-state index in [1.54, 1.807) is 30.6 Å². The topological polar surface area (TPSA) is 67.9 Å². The molecule has 0 spiro atoms. The first-order chi connectivity index (χ1) is 13.7. The molecule has 0 aliphatic heterocycles. The number of hydrogen-bond donors (Lipinski definition) is 0. The molecule has 0 bridgehead atoms. The van der Waals surface area contributed by atoms with Crippen molar-refractivity contribution in [1.82, 2.24) is 9.55 Å². The zero-order valence-corrected chi connectivity index (χ0v) is 15.7. The highest BCUT2D eigenvalue weighted by molar-refractivity contribution is 6.35. The molecule has 4 rings (SSSR count). The number of nitriles is 1. The number of ketones is 1. The summed E-state index contributed by atoms with van der Waals surface area (Å²) in [5, 5.41) is 11.1. The van der Waals surface area contributed by atoms with Gasteiger partial charge in [0.2, 0.25) is 5.78 Å². The third-order valence-electron chi connectivity index (χ3n) is 4.59. The maximum Gasteiger partial charge on any atom is 0.202 e. The molecule has 0 unspecified atom stereocenters. The monoisotopic (exact) mass is 389 g/mol. The number of Topliss-reactive ketones (excluding diaryl/α,β-unsaturated/α-hetero) is 1. The second-order valence-electron chi connectivity index (χ2n) is 6.32. The Morgan fingerprint density at radius 2 is 1.96 bits per heavy atom. The van der Waals surface area contributed by atoms with Gasteiger partial charge in [0.1, 0.15) is 11.3 Å². The van der Waals surface area contributed by atoms with Crippen molar-refractivity contribution in [3.8, 4) is 11.8 Å². The quantitative estimate of drug-likeness (QED) is 0.434. The number of para-hydroxylation sites is 1. The van der Waals surface area contributed by atoms with Gasteiger partial charge in [-0.25, -0.2) is 0 Å². The lowest BCUT2D eigenvalue weighted by atomic mass is 10.1. The van der Waals surface area contributed by atoms with Gasteiger partial charge in [0.05, 0.1) is 17.5 Å². The Morgan fingerprint density at radius 1 is 1.14 bits per heavy atom. The van der Waals surface area contributed by atoms with E-state index in [-0.39, 0.29) is 12.4 Å². The van der Waals surface area contributed by atoms with E-state index >= 15 is 0 Å². The standard InChI is InChI=1S/C22H16ClN3O2/c23-18-8-9-21(22-16(18)6-3-11-25-22)28-14-20(27)17-13-26(12-4-10-24)19-7-2-1-5-15(17)19/h1-3,5-9,11,13H,4,12,14H2. The molecule has 0 aliphatic rings. The lowest BCUT2D eigenvalue weighted by Crippen LogP contribution is -2.11. The number of carbonyl (C=O) groups is 1. The largest absolute Gasteiger partial charge is 0.483 e. The average Bonchev–Trinajstić information content (AvgIpc) is 3.11. The second kappa shape index (κ2) is 7.71. The number of halogens is 1. The number of carbonyl (C=O) groups excluding carboxylic acids is 1. The van der Waals surface area contributed by atoms with Crippen LogP contribution in [-0.4, -0.2) is 21.9 Å². The van der Waals surface area contributed by atoms with E-state index in [1.165, 1.54) is 0 Å². The zero-order chi connectivity index (χ0) is 19.5. The van der Waals surface area contributed by atoms with E-state index in [1.807, 2.05) is 34.9 Å². The van der Waals surface area contributed by atoms with Crippen molar-refractivity contribution in [3.05, 3.63) is 71.5 Å². The summed E-state index contributed by atoms with van der Waals surface area (Å²) >= 11 is 6.21. The summed E-state index contributed by atoms with van der Waals surface area (Å²) in [7, 11) is 0. The summed E-state index contributed by atoms with van der Waals surface area (Å²) in [4.78, 5) is 17.2. The third-order valence-corrected chi connectivity index (χ3v) is 4.92. The highest BCUT2D eigenvalue weighted by atomic mass is 35.5. The summed E-state index contributed by atoms with van der Waals surface area (Å²) in [6.07, 6.45) is 3.84. The van der Waals surface area contributed by atoms with Crippen molar-refractivity contribution in [3.63, 3.8) is 0 Å². The Balaban J connectivity index is 1.62. The maximum atomic E-state index is 12.9. The minimum atomic E-state index is -0.133. The fourth-order valence-electron chi connectivity index (χ4n) is 3.27. The number of aromatic nitrogens is 2. The second-order valence-corrected chi connectivity index (χ2v) is 6.73. The maximum absolute atomic E-state index is 12.9. The van der Waals surface area contributed by atoms with Crippen molar-refractivity contribution < 1.29 is 9.53 Å². The Morgan fingerprint density at radius 3 is 2.82 bits per heavy atom. The zero-order valence-electron chi connectivity index (χ0n) is 14.9. The Hall–Kier alpha value is -3.36. The molecule has 0 radical (unpaired) electrons. The molecule has 0 aliphatic carbocycles. The summed E-state index contributed by atoms with van der Waals surface area (Å²) in [6, 6.07) is 16.9. The van der Waals surface area contributed by atoms with Crippen LogP contribution in [0.1, 0.15) is 16.8 Å². The van der Waals surface area contributed by atoms with Crippen LogP contribution in [0, 0.1) is 11.3 Å². The molecule has 2 aromatic carbocycles. The number of pyridine rings is 1. The lowest BCUT2D eigenvalue weighted by molar-refractivity contribution is 0.0924. The average molecular weight is 390 g/mol. The van der Waals surface area contributed by atoms with E-state index in [4.69, 9.17) is 21.6 Å². The van der Waals surface area contributed by atoms with E-state index < -0.39 is 0 Å². The van der Waals surface area contributed by atoms with Crippen LogP contribution in [0.15, 0.2) is 60.9 Å². The van der Waals surface area contributed by atoms with Gasteiger partial charge in [0, 0.05) is 40.8 Å². The third kappa shape index (κ3) is 3.30. The smallest absolute Gasteiger partial charge is 0.202 e. The number of benzene rings is 2. The molecule has 0 atom stereocenters. The van der Waals surface area contributed by atoms with Gasteiger partial charge < -0.3 is 9.30 Å². The number of nitrogens with zero attached hydrogens (tertiary/aromatic N) is 3. The molecule has 0 saturated carbocycles. The molecule has 0 N–H and O–H groups in total. The number of fused-ring (bicyclic) bond motifs is 2. The molecular weight excluding hydrogens is 374 g/mol. The van der Waals surface area contributed by atoms with Crippen LogP contribution in [0.2, 0.25) is 5.02 Å². The van der Waals surface area contributed by atoms with E-state index in [2.05, 4.69) is 11.1 Å². The molecular formula is C22H16ClN3O2. The van der Waals surface area contributed by atoms with Crippen LogP contribution in [-0.2, 0) is 6.54 Å². The van der Waals surface area contributed by atoms with Crippen molar-refractivity contribution >= 4 is 39.2 Å². The summed E-state index contributed by atoms with van der Waals surface area (Å²) in [6.45, 7) is 0.427. The number of hydrogen-bond acceptors (Lipinski definition) is 4. The highest BCUT2D eigenvalue weighted by Crippen LogP contribution is 2.30. The molecule has 2 aromatic heterocycles. The van der Waals surface area contributed by atoms with E-state index in [0.717, 1.165) is 16.3 Å². The molecule has 0 amide bonds. The molecule has 138 valence electrons. The molecule has 5 nitrogen and oxygen atoms in total. The van der Waals surface area contributed by atoms with Crippen LogP contribution < -0.4 is 4.74 Å². The lowest BCUT2D eigenvalue weighted by Gasteiger charge is -2.09. The van der Waals surface area contributed by atoms with Crippen LogP contribution in [0.5, 0.6) is 5.75 Å². The van der Waals surface area contributed by atoms with Gasteiger partial charge in [-0.05, 0) is 30.3 Å². The first-order valence-corrected chi connectivity index (χ1v) is 9.21. The normalized spacial score (nSPS) is 10.9. The Kier molecular flexibility index (Phi) is 4.96. The molecule has 0 fully saturated rings. The van der Waals surface area contributed by atoms with Crippen molar-refractivity contribution in [2.45, 2.75) is 13.0 Å². The predicted molar refractivity (Wildman–Crippen MR) is 109 cm³/mol. The Bertz CT molecular complexity index is 1220. The van der Waals surface area contributed by atoms with Crippen LogP contribution in [0.3, 0.4) is 0 Å².